The summed E-state index contributed by atoms with van der Waals surface area (Å²) in [5.41, 5.74) is 2.16. The van der Waals surface area contributed by atoms with Crippen molar-refractivity contribution in [1.29, 1.82) is 0 Å². The molecule has 7 nitrogen and oxygen atoms in total. The molecule has 0 bridgehead atoms. The molecule has 2 aromatic heterocycles. The second-order valence-corrected chi connectivity index (χ2v) is 6.52. The van der Waals surface area contributed by atoms with Crippen molar-refractivity contribution in [3.63, 3.8) is 0 Å². The minimum atomic E-state index is -1.08. The summed E-state index contributed by atoms with van der Waals surface area (Å²) in [5.74, 6) is -2.94. The Kier molecular flexibility index (Phi) is 6.78. The summed E-state index contributed by atoms with van der Waals surface area (Å²) in [6, 6.07) is 7.55. The number of carboxylic acid groups (broad SMARTS) is 1. The number of aromatic nitrogens is 3. The van der Waals surface area contributed by atoms with E-state index >= 15 is 0 Å². The molecule has 0 amide bonds. The van der Waals surface area contributed by atoms with E-state index in [1.165, 1.54) is 37.7 Å². The minimum absolute atomic E-state index is 0. The number of aryl methyl sites for hydroxylation is 1. The van der Waals surface area contributed by atoms with E-state index in [0.717, 1.165) is 0 Å². The fourth-order valence-corrected chi connectivity index (χ4v) is 3.21. The Balaban J connectivity index is 0.00000272. The number of ether oxygens (including phenoxy) is 1. The van der Waals surface area contributed by atoms with Crippen LogP contribution in [0.3, 0.4) is 0 Å². The van der Waals surface area contributed by atoms with E-state index in [9.17, 15) is 13.6 Å². The summed E-state index contributed by atoms with van der Waals surface area (Å²) < 4.78 is 35.1. The van der Waals surface area contributed by atoms with Crippen molar-refractivity contribution in [2.75, 3.05) is 12.4 Å². The van der Waals surface area contributed by atoms with E-state index in [-0.39, 0.29) is 54.6 Å². The standard InChI is InChI=1S/C21H16F2N4O3.Ar/c1-11-9-12(3-4-13(11)21(28)29)26-19-20-25-10-15(27(20)8-7-24-19)14-5-6-16(30-2)18(23)17(14)22;/h3-10H,1-2H3,(H,24,26)(H,28,29);. The number of nitrogens with zero attached hydrogens (tertiary/aromatic N) is 3. The van der Waals surface area contributed by atoms with Crippen LogP contribution in [-0.4, -0.2) is 32.6 Å². The average molecular weight is 450 g/mol. The normalized spacial score (nSPS) is 10.6. The molecule has 2 heterocycles. The number of aromatic carboxylic acids is 1. The fraction of sp³-hybridized carbons (Fsp3) is 0.0952. The third-order valence-electron chi connectivity index (χ3n) is 4.69. The first kappa shape index (κ1) is 22.9. The van der Waals surface area contributed by atoms with Crippen LogP contribution in [0.15, 0.2) is 48.9 Å². The van der Waals surface area contributed by atoms with Gasteiger partial charge >= 0.3 is 5.97 Å². The van der Waals surface area contributed by atoms with E-state index in [2.05, 4.69) is 15.3 Å². The van der Waals surface area contributed by atoms with Gasteiger partial charge in [-0.25, -0.2) is 19.2 Å². The van der Waals surface area contributed by atoms with Crippen LogP contribution in [-0.2, 0) is 0 Å². The maximum atomic E-state index is 14.6. The van der Waals surface area contributed by atoms with Gasteiger partial charge in [0, 0.05) is 61.4 Å². The first-order valence-electron chi connectivity index (χ1n) is 8.86. The predicted octanol–water partition coefficient (Wildman–Crippen LogP) is 4.43. The molecular weight excluding hydrogens is 434 g/mol. The van der Waals surface area contributed by atoms with Gasteiger partial charge in [0.15, 0.2) is 23.0 Å². The maximum Gasteiger partial charge on any atom is 0.335 e. The molecule has 0 fully saturated rings. The summed E-state index contributed by atoms with van der Waals surface area (Å²) >= 11 is 0. The molecule has 0 spiro atoms. The number of hydrogen-bond acceptors (Lipinski definition) is 5. The van der Waals surface area contributed by atoms with Crippen LogP contribution in [0, 0.1) is 56.3 Å². The van der Waals surface area contributed by atoms with E-state index in [1.54, 1.807) is 29.7 Å². The van der Waals surface area contributed by atoms with Gasteiger partial charge < -0.3 is 15.2 Å². The number of fused-ring (bicyclic) bond motifs is 1. The zero-order chi connectivity index (χ0) is 21.4. The average Bonchev–Trinajstić information content (AvgIpc) is 3.15. The zero-order valence-corrected chi connectivity index (χ0v) is 17.0. The van der Waals surface area contributed by atoms with Crippen LogP contribution in [0.5, 0.6) is 5.75 Å². The van der Waals surface area contributed by atoms with Gasteiger partial charge in [0.05, 0.1) is 24.6 Å². The number of anilines is 2. The first-order valence-corrected chi connectivity index (χ1v) is 8.86. The number of hydrogen-bond donors (Lipinski definition) is 2. The predicted molar refractivity (Wildman–Crippen MR) is 106 cm³/mol. The zero-order valence-electron chi connectivity index (χ0n) is 16.3. The van der Waals surface area contributed by atoms with Gasteiger partial charge in [-0.05, 0) is 42.8 Å². The van der Waals surface area contributed by atoms with Crippen LogP contribution in [0.25, 0.3) is 16.9 Å². The van der Waals surface area contributed by atoms with Gasteiger partial charge in [-0.2, -0.15) is 4.39 Å². The van der Waals surface area contributed by atoms with Crippen LogP contribution in [0.1, 0.15) is 15.9 Å². The van der Waals surface area contributed by atoms with E-state index < -0.39 is 17.6 Å². The largest absolute Gasteiger partial charge is 0.494 e. The third kappa shape index (κ3) is 4.21. The molecule has 0 radical (unpaired) electrons. The minimum Gasteiger partial charge on any atom is -0.494 e. The van der Waals surface area contributed by atoms with Crippen molar-refractivity contribution < 1.29 is 61.2 Å². The van der Waals surface area contributed by atoms with Crippen molar-refractivity contribution >= 4 is 23.1 Å². The second kappa shape index (κ2) is 9.17. The molecule has 10 heteroatoms. The Morgan fingerprint density at radius 2 is 1.94 bits per heavy atom. The van der Waals surface area contributed by atoms with Gasteiger partial charge in [0.25, 0.3) is 0 Å². The Morgan fingerprint density at radius 3 is 2.61 bits per heavy atom. The van der Waals surface area contributed by atoms with Gasteiger partial charge in [-0.3, -0.25) is 4.40 Å². The Morgan fingerprint density at radius 1 is 1.16 bits per heavy atom. The second-order valence-electron chi connectivity index (χ2n) is 6.52. The summed E-state index contributed by atoms with van der Waals surface area (Å²) in [4.78, 5) is 19.7. The summed E-state index contributed by atoms with van der Waals surface area (Å²) in [7, 11) is 1.26. The molecule has 0 atom stereocenters. The molecule has 0 saturated carbocycles. The monoisotopic (exact) mass is 450 g/mol. The molecule has 4 aromatic rings. The number of carbonyl (C=O) groups is 1. The molecule has 31 heavy (non-hydrogen) atoms. The van der Waals surface area contributed by atoms with Crippen molar-refractivity contribution in [1.82, 2.24) is 14.4 Å². The number of nitrogens with one attached hydrogen (secondary N) is 1. The van der Waals surface area contributed by atoms with E-state index in [0.29, 0.717) is 28.4 Å². The number of benzene rings is 2. The van der Waals surface area contributed by atoms with Gasteiger partial charge in [0.2, 0.25) is 5.82 Å². The van der Waals surface area contributed by atoms with Crippen LogP contribution in [0.2, 0.25) is 0 Å². The van der Waals surface area contributed by atoms with Crippen molar-refractivity contribution in [3.8, 4) is 17.0 Å². The molecule has 0 aliphatic carbocycles. The third-order valence-corrected chi connectivity index (χ3v) is 4.69. The first-order chi connectivity index (χ1) is 14.4. The van der Waals surface area contributed by atoms with Crippen molar-refractivity contribution in [2.24, 2.45) is 0 Å². The molecule has 0 saturated heterocycles. The summed E-state index contributed by atoms with van der Waals surface area (Å²) in [6.45, 7) is 1.69. The fourth-order valence-electron chi connectivity index (χ4n) is 3.21. The molecule has 0 unspecified atom stereocenters. The Hall–Kier alpha value is -2.75. The van der Waals surface area contributed by atoms with E-state index in [1.807, 2.05) is 0 Å². The molecule has 160 valence electrons. The van der Waals surface area contributed by atoms with Gasteiger partial charge in [-0.1, -0.05) is 0 Å². The number of rotatable bonds is 5. The van der Waals surface area contributed by atoms with Gasteiger partial charge in [-0.15, -0.1) is 0 Å². The number of carboxylic acids is 1. The molecule has 4 rings (SSSR count). The molecule has 0 aliphatic heterocycles. The van der Waals surface area contributed by atoms with Gasteiger partial charge in [0.1, 0.15) is 0 Å². The van der Waals surface area contributed by atoms with Crippen LogP contribution in [0.4, 0.5) is 20.3 Å². The number of methoxy groups -OCH3 is 1. The van der Waals surface area contributed by atoms with Crippen molar-refractivity contribution in [3.05, 3.63) is 71.7 Å². The Bertz CT molecular complexity index is 1290. The van der Waals surface area contributed by atoms with E-state index in [4.69, 9.17) is 9.84 Å². The topological polar surface area (TPSA) is 88.8 Å². The Labute approximate surface area is 205 Å². The summed E-state index contributed by atoms with van der Waals surface area (Å²) in [5, 5.41) is 12.2. The SMILES string of the molecule is COc1ccc(-c2cnc3c(Nc4ccc(C(=O)O)c(C)c4)nccn23)c(F)c1F.[Ar]. The molecule has 2 N–H and O–H groups in total. The van der Waals surface area contributed by atoms with Crippen molar-refractivity contribution in [2.45, 2.75) is 6.92 Å². The molecule has 2 aromatic carbocycles. The number of halogens is 2. The molecular formula is C21H16ArF2N4O3. The quantitative estimate of drug-likeness (QED) is 0.468. The number of imidazole rings is 1. The summed E-state index contributed by atoms with van der Waals surface area (Å²) in [6.07, 6.45) is 4.51. The van der Waals surface area contributed by atoms with Crippen LogP contribution < -0.4 is 10.1 Å². The molecule has 0 aliphatic rings. The smallest absolute Gasteiger partial charge is 0.335 e. The maximum absolute atomic E-state index is 14.6. The van der Waals surface area contributed by atoms with Crippen LogP contribution >= 0.6 is 0 Å².